The van der Waals surface area contributed by atoms with Crippen molar-refractivity contribution < 1.29 is 4.74 Å². The van der Waals surface area contributed by atoms with Crippen molar-refractivity contribution in [2.45, 2.75) is 44.9 Å². The van der Waals surface area contributed by atoms with Crippen LogP contribution in [-0.2, 0) is 4.74 Å². The monoisotopic (exact) mass is 381 g/mol. The van der Waals surface area contributed by atoms with E-state index in [0.717, 1.165) is 23.2 Å². The quantitative estimate of drug-likeness (QED) is 0.828. The first-order valence-electron chi connectivity index (χ1n) is 5.95. The van der Waals surface area contributed by atoms with Gasteiger partial charge in [0.1, 0.15) is 0 Å². The maximum Gasteiger partial charge on any atom is 0.0775 e. The summed E-state index contributed by atoms with van der Waals surface area (Å²) in [6.45, 7) is 5.25. The first kappa shape index (κ1) is 14.0. The van der Waals surface area contributed by atoms with Gasteiger partial charge in [0.25, 0.3) is 0 Å². The van der Waals surface area contributed by atoms with E-state index in [1.807, 2.05) is 0 Å². The number of thiophene rings is 1. The Hall–Kier alpha value is 0.580. The van der Waals surface area contributed by atoms with Gasteiger partial charge in [0.2, 0.25) is 0 Å². The minimum atomic E-state index is 0.293. The van der Waals surface area contributed by atoms with Crippen molar-refractivity contribution in [3.05, 3.63) is 19.2 Å². The molecule has 1 fully saturated rings. The molecule has 2 heterocycles. The molecular weight excluding hydrogens is 366 g/mol. The Morgan fingerprint density at radius 3 is 2.76 bits per heavy atom. The second-order valence-electron chi connectivity index (χ2n) is 4.38. The third-order valence-electron chi connectivity index (χ3n) is 3.08. The van der Waals surface area contributed by atoms with Gasteiger partial charge >= 0.3 is 0 Å². The molecule has 1 saturated heterocycles. The van der Waals surface area contributed by atoms with E-state index in [1.165, 1.54) is 9.35 Å². The van der Waals surface area contributed by atoms with Crippen LogP contribution in [0.3, 0.4) is 0 Å². The highest BCUT2D eigenvalue weighted by atomic mass is 79.9. The smallest absolute Gasteiger partial charge is 0.0775 e. The van der Waals surface area contributed by atoms with E-state index >= 15 is 0 Å². The molecule has 1 aliphatic rings. The van der Waals surface area contributed by atoms with Crippen molar-refractivity contribution in [3.63, 3.8) is 0 Å². The maximum absolute atomic E-state index is 6.00. The van der Waals surface area contributed by atoms with Crippen molar-refractivity contribution in [1.82, 2.24) is 5.32 Å². The Balaban J connectivity index is 2.19. The van der Waals surface area contributed by atoms with Gasteiger partial charge in [0, 0.05) is 0 Å². The van der Waals surface area contributed by atoms with Crippen LogP contribution in [0, 0.1) is 0 Å². The van der Waals surface area contributed by atoms with Gasteiger partial charge in [-0.2, -0.15) is 0 Å². The van der Waals surface area contributed by atoms with Crippen LogP contribution in [0.5, 0.6) is 0 Å². The van der Waals surface area contributed by atoms with Crippen LogP contribution in [0.15, 0.2) is 13.6 Å². The molecule has 3 atom stereocenters. The second-order valence-corrected chi connectivity index (χ2v) is 8.13. The van der Waals surface area contributed by atoms with Crippen molar-refractivity contribution in [3.8, 4) is 0 Å². The van der Waals surface area contributed by atoms with Crippen molar-refractivity contribution in [2.24, 2.45) is 0 Å². The van der Waals surface area contributed by atoms with Crippen LogP contribution < -0.4 is 5.32 Å². The summed E-state index contributed by atoms with van der Waals surface area (Å²) in [5.74, 6) is 0. The fraction of sp³-hybridized carbons (Fsp3) is 0.667. The average Bonchev–Trinajstić information content (AvgIpc) is 2.82. The molecule has 0 saturated carbocycles. The Morgan fingerprint density at radius 1 is 1.53 bits per heavy atom. The predicted octanol–water partition coefficient (Wildman–Crippen LogP) is 4.49. The minimum absolute atomic E-state index is 0.293. The molecule has 96 valence electrons. The number of nitrogens with one attached hydrogen (secondary N) is 1. The lowest BCUT2D eigenvalue weighted by atomic mass is 10.0. The third-order valence-corrected chi connectivity index (χ3v) is 5.46. The molecule has 3 unspecified atom stereocenters. The van der Waals surface area contributed by atoms with E-state index in [-0.39, 0.29) is 0 Å². The summed E-state index contributed by atoms with van der Waals surface area (Å²) in [6, 6.07) is 2.48. The highest BCUT2D eigenvalue weighted by Crippen LogP contribution is 2.39. The molecule has 1 aromatic heterocycles. The molecule has 2 nitrogen and oxygen atoms in total. The molecular formula is C12H17Br2NOS. The summed E-state index contributed by atoms with van der Waals surface area (Å²) >= 11 is 8.91. The fourth-order valence-corrected chi connectivity index (χ4v) is 5.23. The molecule has 0 radical (unpaired) electrons. The SMILES string of the molecule is CCNC(c1cc(Br)sc1Br)C1CCC(C)O1. The second kappa shape index (κ2) is 6.15. The summed E-state index contributed by atoms with van der Waals surface area (Å²) in [6.07, 6.45) is 2.98. The molecule has 2 rings (SSSR count). The number of ether oxygens (including phenoxy) is 1. The van der Waals surface area contributed by atoms with Gasteiger partial charge in [-0.1, -0.05) is 6.92 Å². The van der Waals surface area contributed by atoms with E-state index in [0.29, 0.717) is 18.2 Å². The molecule has 5 heteroatoms. The Morgan fingerprint density at radius 2 is 2.29 bits per heavy atom. The Labute approximate surface area is 123 Å². The molecule has 0 aliphatic carbocycles. The number of rotatable bonds is 4. The van der Waals surface area contributed by atoms with E-state index < -0.39 is 0 Å². The first-order chi connectivity index (χ1) is 8.11. The largest absolute Gasteiger partial charge is 0.373 e. The topological polar surface area (TPSA) is 21.3 Å². The zero-order valence-electron chi connectivity index (χ0n) is 10.0. The van der Waals surface area contributed by atoms with E-state index in [2.05, 4.69) is 57.1 Å². The van der Waals surface area contributed by atoms with Crippen molar-refractivity contribution >= 4 is 43.2 Å². The van der Waals surface area contributed by atoms with Gasteiger partial charge in [-0.3, -0.25) is 0 Å². The predicted molar refractivity (Wildman–Crippen MR) is 79.7 cm³/mol. The van der Waals surface area contributed by atoms with Gasteiger partial charge in [-0.15, -0.1) is 11.3 Å². The lowest BCUT2D eigenvalue weighted by molar-refractivity contribution is 0.0319. The molecule has 1 N–H and O–H groups in total. The van der Waals surface area contributed by atoms with Gasteiger partial charge < -0.3 is 10.1 Å². The summed E-state index contributed by atoms with van der Waals surface area (Å²) in [5, 5.41) is 3.55. The maximum atomic E-state index is 6.00. The van der Waals surface area contributed by atoms with Crippen molar-refractivity contribution in [2.75, 3.05) is 6.54 Å². The molecule has 1 aliphatic heterocycles. The first-order valence-corrected chi connectivity index (χ1v) is 8.35. The molecule has 0 amide bonds. The highest BCUT2D eigenvalue weighted by Gasteiger charge is 2.31. The van der Waals surface area contributed by atoms with Crippen LogP contribution in [0.4, 0.5) is 0 Å². The molecule has 0 spiro atoms. The van der Waals surface area contributed by atoms with E-state index in [9.17, 15) is 0 Å². The van der Waals surface area contributed by atoms with Crippen LogP contribution in [-0.4, -0.2) is 18.8 Å². The third kappa shape index (κ3) is 3.32. The number of hydrogen-bond acceptors (Lipinski definition) is 3. The van der Waals surface area contributed by atoms with Gasteiger partial charge in [-0.25, -0.2) is 0 Å². The highest BCUT2D eigenvalue weighted by molar-refractivity contribution is 9.12. The summed E-state index contributed by atoms with van der Waals surface area (Å²) in [7, 11) is 0. The zero-order valence-corrected chi connectivity index (χ0v) is 14.0. The Bertz CT molecular complexity index is 383. The fourth-order valence-electron chi connectivity index (χ4n) is 2.31. The van der Waals surface area contributed by atoms with Gasteiger partial charge in [0.15, 0.2) is 0 Å². The lowest BCUT2D eigenvalue weighted by Crippen LogP contribution is -2.32. The Kier molecular flexibility index (Phi) is 5.06. The number of halogens is 2. The standard InChI is InChI=1S/C12H17Br2NOS/c1-3-15-11(9-5-4-7(2)16-9)8-6-10(13)17-12(8)14/h6-7,9,11,15H,3-5H2,1-2H3. The zero-order chi connectivity index (χ0) is 12.4. The van der Waals surface area contributed by atoms with Gasteiger partial charge in [0.05, 0.1) is 25.8 Å². The average molecular weight is 383 g/mol. The number of likely N-dealkylation sites (N-methyl/N-ethyl adjacent to an activating group) is 1. The molecule has 17 heavy (non-hydrogen) atoms. The van der Waals surface area contributed by atoms with Crippen LogP contribution in [0.1, 0.15) is 38.3 Å². The lowest BCUT2D eigenvalue weighted by Gasteiger charge is -2.24. The van der Waals surface area contributed by atoms with E-state index in [4.69, 9.17) is 4.74 Å². The summed E-state index contributed by atoms with van der Waals surface area (Å²) < 4.78 is 8.35. The number of hydrogen-bond donors (Lipinski definition) is 1. The molecule has 0 aromatic carbocycles. The van der Waals surface area contributed by atoms with Gasteiger partial charge in [-0.05, 0) is 69.8 Å². The van der Waals surface area contributed by atoms with Crippen molar-refractivity contribution in [1.29, 1.82) is 0 Å². The van der Waals surface area contributed by atoms with E-state index in [1.54, 1.807) is 11.3 Å². The normalized spacial score (nSPS) is 26.4. The molecule has 0 bridgehead atoms. The minimum Gasteiger partial charge on any atom is -0.373 e. The van der Waals surface area contributed by atoms with Crippen LogP contribution >= 0.6 is 43.2 Å². The van der Waals surface area contributed by atoms with Crippen LogP contribution in [0.25, 0.3) is 0 Å². The van der Waals surface area contributed by atoms with Crippen LogP contribution in [0.2, 0.25) is 0 Å². The molecule has 1 aromatic rings. The summed E-state index contributed by atoms with van der Waals surface area (Å²) in [4.78, 5) is 0. The summed E-state index contributed by atoms with van der Waals surface area (Å²) in [5.41, 5.74) is 1.31.